The minimum absolute atomic E-state index is 0.605. The smallest absolute Gasteiger partial charge is 0.131 e. The lowest BCUT2D eigenvalue weighted by Crippen LogP contribution is -2.24. The number of nitrogens with zero attached hydrogens (tertiary/aromatic N) is 2. The van der Waals surface area contributed by atoms with E-state index in [2.05, 4.69) is 55.1 Å². The van der Waals surface area contributed by atoms with Crippen LogP contribution >= 0.6 is 0 Å². The van der Waals surface area contributed by atoms with E-state index in [-0.39, 0.29) is 0 Å². The highest BCUT2D eigenvalue weighted by Gasteiger charge is 2.18. The SMILES string of the molecule is CCC(C)c1ccccc1C1=NCCN1C. The van der Waals surface area contributed by atoms with Crippen molar-refractivity contribution in [2.75, 3.05) is 20.1 Å². The van der Waals surface area contributed by atoms with Gasteiger partial charge in [-0.05, 0) is 17.9 Å². The Kier molecular flexibility index (Phi) is 3.28. The summed E-state index contributed by atoms with van der Waals surface area (Å²) in [5.41, 5.74) is 2.74. The Morgan fingerprint density at radius 2 is 2.12 bits per heavy atom. The van der Waals surface area contributed by atoms with E-state index in [1.54, 1.807) is 0 Å². The van der Waals surface area contributed by atoms with E-state index in [1.165, 1.54) is 17.5 Å². The van der Waals surface area contributed by atoms with Crippen LogP contribution in [0.15, 0.2) is 29.3 Å². The van der Waals surface area contributed by atoms with Gasteiger partial charge in [-0.2, -0.15) is 0 Å². The molecule has 16 heavy (non-hydrogen) atoms. The highest BCUT2D eigenvalue weighted by molar-refractivity contribution is 6.01. The molecular formula is C14H20N2. The highest BCUT2D eigenvalue weighted by atomic mass is 15.2. The molecule has 2 rings (SSSR count). The highest BCUT2D eigenvalue weighted by Crippen LogP contribution is 2.24. The first kappa shape index (κ1) is 11.2. The summed E-state index contributed by atoms with van der Waals surface area (Å²) in [5.74, 6) is 1.77. The Hall–Kier alpha value is -1.31. The van der Waals surface area contributed by atoms with E-state index in [0.29, 0.717) is 5.92 Å². The van der Waals surface area contributed by atoms with Crippen LogP contribution in [0.5, 0.6) is 0 Å². The summed E-state index contributed by atoms with van der Waals surface area (Å²) in [6.45, 7) is 6.50. The summed E-state index contributed by atoms with van der Waals surface area (Å²) < 4.78 is 0. The third-order valence-corrected chi connectivity index (χ3v) is 3.40. The van der Waals surface area contributed by atoms with Gasteiger partial charge in [0.25, 0.3) is 0 Å². The Bertz CT molecular complexity index is 395. The molecule has 0 saturated heterocycles. The second-order valence-corrected chi connectivity index (χ2v) is 4.52. The molecule has 1 atom stereocenters. The lowest BCUT2D eigenvalue weighted by molar-refractivity contribution is 0.555. The lowest BCUT2D eigenvalue weighted by atomic mass is 9.93. The molecule has 0 bridgehead atoms. The van der Waals surface area contributed by atoms with Crippen molar-refractivity contribution in [3.05, 3.63) is 35.4 Å². The molecule has 2 nitrogen and oxygen atoms in total. The third-order valence-electron chi connectivity index (χ3n) is 3.40. The molecule has 0 saturated carbocycles. The number of hydrogen-bond donors (Lipinski definition) is 0. The van der Waals surface area contributed by atoms with E-state index >= 15 is 0 Å². The molecule has 0 aromatic heterocycles. The fourth-order valence-electron chi connectivity index (χ4n) is 2.17. The lowest BCUT2D eigenvalue weighted by Gasteiger charge is -2.19. The van der Waals surface area contributed by atoms with E-state index in [1.807, 2.05) is 0 Å². The fourth-order valence-corrected chi connectivity index (χ4v) is 2.17. The van der Waals surface area contributed by atoms with Crippen molar-refractivity contribution in [2.24, 2.45) is 4.99 Å². The Labute approximate surface area is 98.0 Å². The molecule has 0 aliphatic carbocycles. The van der Waals surface area contributed by atoms with Gasteiger partial charge in [0.05, 0.1) is 6.54 Å². The van der Waals surface area contributed by atoms with Crippen LogP contribution in [-0.4, -0.2) is 30.9 Å². The zero-order chi connectivity index (χ0) is 11.5. The molecule has 0 fully saturated rings. The van der Waals surface area contributed by atoms with Crippen molar-refractivity contribution < 1.29 is 0 Å². The molecule has 0 N–H and O–H groups in total. The van der Waals surface area contributed by atoms with E-state index in [0.717, 1.165) is 18.9 Å². The summed E-state index contributed by atoms with van der Waals surface area (Å²) in [7, 11) is 2.12. The molecule has 2 heteroatoms. The summed E-state index contributed by atoms with van der Waals surface area (Å²) >= 11 is 0. The molecule has 1 aromatic carbocycles. The maximum atomic E-state index is 4.61. The maximum absolute atomic E-state index is 4.61. The number of hydrogen-bond acceptors (Lipinski definition) is 2. The van der Waals surface area contributed by atoms with Gasteiger partial charge in [0.15, 0.2) is 0 Å². The standard InChI is InChI=1S/C14H20N2/c1-4-11(2)12-7-5-6-8-13(12)14-15-9-10-16(14)3/h5-8,11H,4,9-10H2,1-3H3. The fraction of sp³-hybridized carbons (Fsp3) is 0.500. The van der Waals surface area contributed by atoms with Crippen LogP contribution in [0.1, 0.15) is 37.3 Å². The molecule has 1 aliphatic rings. The van der Waals surface area contributed by atoms with Crippen molar-refractivity contribution in [3.63, 3.8) is 0 Å². The summed E-state index contributed by atoms with van der Waals surface area (Å²) in [6, 6.07) is 8.66. The second kappa shape index (κ2) is 4.69. The first-order valence-corrected chi connectivity index (χ1v) is 6.09. The molecule has 86 valence electrons. The average Bonchev–Trinajstić information content (AvgIpc) is 2.74. The Morgan fingerprint density at radius 1 is 1.38 bits per heavy atom. The number of rotatable bonds is 3. The summed E-state index contributed by atoms with van der Waals surface area (Å²) in [6.07, 6.45) is 1.17. The van der Waals surface area contributed by atoms with Crippen LogP contribution in [0.2, 0.25) is 0 Å². The van der Waals surface area contributed by atoms with Gasteiger partial charge in [-0.1, -0.05) is 38.1 Å². The zero-order valence-corrected chi connectivity index (χ0v) is 10.4. The van der Waals surface area contributed by atoms with E-state index in [4.69, 9.17) is 0 Å². The van der Waals surface area contributed by atoms with Gasteiger partial charge >= 0.3 is 0 Å². The van der Waals surface area contributed by atoms with E-state index in [9.17, 15) is 0 Å². The van der Waals surface area contributed by atoms with Crippen LogP contribution in [0.3, 0.4) is 0 Å². The molecule has 0 spiro atoms. The third kappa shape index (κ3) is 1.97. The van der Waals surface area contributed by atoms with Gasteiger partial charge in [-0.15, -0.1) is 0 Å². The normalized spacial score (nSPS) is 17.4. The molecule has 0 radical (unpaired) electrons. The Balaban J connectivity index is 2.40. The first-order valence-electron chi connectivity index (χ1n) is 6.09. The average molecular weight is 216 g/mol. The number of amidine groups is 1. The Morgan fingerprint density at radius 3 is 2.75 bits per heavy atom. The minimum atomic E-state index is 0.605. The zero-order valence-electron chi connectivity index (χ0n) is 10.4. The molecule has 0 amide bonds. The molecule has 1 aliphatic heterocycles. The van der Waals surface area contributed by atoms with Gasteiger partial charge in [-0.3, -0.25) is 4.99 Å². The summed E-state index contributed by atoms with van der Waals surface area (Å²) in [4.78, 5) is 6.86. The van der Waals surface area contributed by atoms with Gasteiger partial charge in [0, 0.05) is 19.2 Å². The van der Waals surface area contributed by atoms with Crippen LogP contribution < -0.4 is 0 Å². The van der Waals surface area contributed by atoms with Gasteiger partial charge in [-0.25, -0.2) is 0 Å². The number of likely N-dealkylation sites (N-methyl/N-ethyl adjacent to an activating group) is 1. The molecular weight excluding hydrogens is 196 g/mol. The number of benzene rings is 1. The van der Waals surface area contributed by atoms with Crippen molar-refractivity contribution in [1.29, 1.82) is 0 Å². The molecule has 1 aromatic rings. The maximum Gasteiger partial charge on any atom is 0.131 e. The van der Waals surface area contributed by atoms with Crippen molar-refractivity contribution in [2.45, 2.75) is 26.2 Å². The predicted molar refractivity (Wildman–Crippen MR) is 69.2 cm³/mol. The largest absolute Gasteiger partial charge is 0.358 e. The van der Waals surface area contributed by atoms with Crippen molar-refractivity contribution in [1.82, 2.24) is 4.90 Å². The van der Waals surface area contributed by atoms with Gasteiger partial charge < -0.3 is 4.90 Å². The summed E-state index contributed by atoms with van der Waals surface area (Å²) in [5, 5.41) is 0. The number of aliphatic imine (C=N–C) groups is 1. The van der Waals surface area contributed by atoms with Crippen LogP contribution in [0.25, 0.3) is 0 Å². The van der Waals surface area contributed by atoms with E-state index < -0.39 is 0 Å². The molecule has 1 unspecified atom stereocenters. The molecule has 1 heterocycles. The first-order chi connectivity index (χ1) is 7.74. The van der Waals surface area contributed by atoms with Gasteiger partial charge in [0.2, 0.25) is 0 Å². The minimum Gasteiger partial charge on any atom is -0.358 e. The topological polar surface area (TPSA) is 15.6 Å². The van der Waals surface area contributed by atoms with Crippen LogP contribution in [0, 0.1) is 0 Å². The monoisotopic (exact) mass is 216 g/mol. The van der Waals surface area contributed by atoms with Crippen molar-refractivity contribution in [3.8, 4) is 0 Å². The van der Waals surface area contributed by atoms with Crippen LogP contribution in [-0.2, 0) is 0 Å². The van der Waals surface area contributed by atoms with Gasteiger partial charge in [0.1, 0.15) is 5.84 Å². The second-order valence-electron chi connectivity index (χ2n) is 4.52. The quantitative estimate of drug-likeness (QED) is 0.758. The predicted octanol–water partition coefficient (Wildman–Crippen LogP) is 2.89. The van der Waals surface area contributed by atoms with Crippen molar-refractivity contribution >= 4 is 5.84 Å². The van der Waals surface area contributed by atoms with Crippen LogP contribution in [0.4, 0.5) is 0 Å².